The summed E-state index contributed by atoms with van der Waals surface area (Å²) in [6.45, 7) is 4.30. The fourth-order valence-corrected chi connectivity index (χ4v) is 2.92. The molecule has 0 radical (unpaired) electrons. The van der Waals surface area contributed by atoms with Crippen molar-refractivity contribution in [2.45, 2.75) is 36.6 Å². The van der Waals surface area contributed by atoms with Gasteiger partial charge in [-0.05, 0) is 24.5 Å². The zero-order valence-electron chi connectivity index (χ0n) is 10.1. The third kappa shape index (κ3) is 3.40. The maximum Gasteiger partial charge on any atom is 0.408 e. The zero-order chi connectivity index (χ0) is 12.3. The largest absolute Gasteiger partial charge is 0.433 e. The molecule has 0 aliphatic carbocycles. The lowest BCUT2D eigenvalue weighted by Gasteiger charge is -2.17. The van der Waals surface area contributed by atoms with E-state index in [1.807, 2.05) is 30.3 Å². The minimum atomic E-state index is -0.302. The standard InChI is InChI=1S/C13H17NO2S/c1-9(2)8-11-12(16-13(15)14-11)17-10-6-4-3-5-7-10/h3-7,9,11-12H,8H2,1-2H3,(H,14,15)/t11-,12-/m0/s1. The fourth-order valence-electron chi connectivity index (χ4n) is 1.86. The van der Waals surface area contributed by atoms with Crippen LogP contribution in [0.25, 0.3) is 0 Å². The van der Waals surface area contributed by atoms with Crippen LogP contribution in [0.15, 0.2) is 35.2 Å². The molecule has 1 amide bonds. The van der Waals surface area contributed by atoms with E-state index in [2.05, 4.69) is 19.2 Å². The Hall–Kier alpha value is -1.16. The third-order valence-electron chi connectivity index (χ3n) is 2.58. The lowest BCUT2D eigenvalue weighted by molar-refractivity contribution is 0.166. The molecule has 0 saturated carbocycles. The number of amides is 1. The van der Waals surface area contributed by atoms with Crippen LogP contribution in [0.5, 0.6) is 0 Å². The van der Waals surface area contributed by atoms with Gasteiger partial charge in [-0.3, -0.25) is 0 Å². The monoisotopic (exact) mass is 251 g/mol. The van der Waals surface area contributed by atoms with Gasteiger partial charge in [-0.15, -0.1) is 0 Å². The van der Waals surface area contributed by atoms with E-state index in [1.54, 1.807) is 11.8 Å². The molecule has 2 rings (SSSR count). The highest BCUT2D eigenvalue weighted by Crippen LogP contribution is 2.31. The number of rotatable bonds is 4. The zero-order valence-corrected chi connectivity index (χ0v) is 10.9. The summed E-state index contributed by atoms with van der Waals surface area (Å²) < 4.78 is 5.29. The number of carbonyl (C=O) groups is 1. The molecular formula is C13H17NO2S. The molecule has 1 aliphatic heterocycles. The molecule has 1 aromatic carbocycles. The maximum atomic E-state index is 11.3. The lowest BCUT2D eigenvalue weighted by Crippen LogP contribution is -2.31. The third-order valence-corrected chi connectivity index (χ3v) is 3.78. The second kappa shape index (κ2) is 5.45. The Labute approximate surface area is 106 Å². The molecule has 0 unspecified atom stereocenters. The average molecular weight is 251 g/mol. The molecule has 1 aromatic rings. The maximum absolute atomic E-state index is 11.3. The van der Waals surface area contributed by atoms with Crippen LogP contribution in [-0.2, 0) is 4.74 Å². The second-order valence-electron chi connectivity index (χ2n) is 4.58. The van der Waals surface area contributed by atoms with Gasteiger partial charge in [0.1, 0.15) is 0 Å². The number of benzene rings is 1. The molecule has 0 bridgehead atoms. The van der Waals surface area contributed by atoms with E-state index in [4.69, 9.17) is 4.74 Å². The number of thioether (sulfide) groups is 1. The number of ether oxygens (including phenoxy) is 1. The van der Waals surface area contributed by atoms with Crippen LogP contribution in [0, 0.1) is 5.92 Å². The van der Waals surface area contributed by atoms with Crippen molar-refractivity contribution in [2.75, 3.05) is 0 Å². The fraction of sp³-hybridized carbons (Fsp3) is 0.462. The van der Waals surface area contributed by atoms with Crippen molar-refractivity contribution < 1.29 is 9.53 Å². The SMILES string of the molecule is CC(C)C[C@@H]1NC(=O)O[C@H]1Sc1ccccc1. The highest BCUT2D eigenvalue weighted by Gasteiger charge is 2.34. The minimum absolute atomic E-state index is 0.104. The van der Waals surface area contributed by atoms with E-state index >= 15 is 0 Å². The molecule has 0 aromatic heterocycles. The van der Waals surface area contributed by atoms with E-state index in [-0.39, 0.29) is 17.6 Å². The summed E-state index contributed by atoms with van der Waals surface area (Å²) in [5.41, 5.74) is -0.118. The molecule has 1 N–H and O–H groups in total. The van der Waals surface area contributed by atoms with E-state index in [1.165, 1.54) is 0 Å². The van der Waals surface area contributed by atoms with Gasteiger partial charge in [0.25, 0.3) is 0 Å². The summed E-state index contributed by atoms with van der Waals surface area (Å²) in [6.07, 6.45) is 0.639. The lowest BCUT2D eigenvalue weighted by atomic mass is 10.1. The predicted molar refractivity (Wildman–Crippen MR) is 68.9 cm³/mol. The van der Waals surface area contributed by atoms with E-state index in [0.717, 1.165) is 11.3 Å². The van der Waals surface area contributed by atoms with Crippen LogP contribution in [0.4, 0.5) is 4.79 Å². The Morgan fingerprint density at radius 1 is 1.35 bits per heavy atom. The van der Waals surface area contributed by atoms with Gasteiger partial charge >= 0.3 is 6.09 Å². The van der Waals surface area contributed by atoms with Gasteiger partial charge in [-0.25, -0.2) is 4.79 Å². The Kier molecular flexibility index (Phi) is 3.94. The van der Waals surface area contributed by atoms with E-state index in [0.29, 0.717) is 5.92 Å². The van der Waals surface area contributed by atoms with Gasteiger partial charge in [0.15, 0.2) is 5.44 Å². The number of alkyl carbamates (subject to hydrolysis) is 1. The van der Waals surface area contributed by atoms with Gasteiger partial charge in [-0.2, -0.15) is 0 Å². The molecule has 1 saturated heterocycles. The van der Waals surface area contributed by atoms with Crippen molar-refractivity contribution in [3.8, 4) is 0 Å². The smallest absolute Gasteiger partial charge is 0.408 e. The Balaban J connectivity index is 2.01. The van der Waals surface area contributed by atoms with Crippen LogP contribution < -0.4 is 5.32 Å². The van der Waals surface area contributed by atoms with Crippen LogP contribution in [0.1, 0.15) is 20.3 Å². The van der Waals surface area contributed by atoms with Gasteiger partial charge in [0.05, 0.1) is 6.04 Å². The minimum Gasteiger partial charge on any atom is -0.433 e. The first kappa shape index (κ1) is 12.3. The summed E-state index contributed by atoms with van der Waals surface area (Å²) in [7, 11) is 0. The Bertz CT molecular complexity index is 380. The van der Waals surface area contributed by atoms with Gasteiger partial charge < -0.3 is 10.1 Å². The highest BCUT2D eigenvalue weighted by molar-refractivity contribution is 7.99. The number of nitrogens with one attached hydrogen (secondary N) is 1. The van der Waals surface area contributed by atoms with Crippen molar-refractivity contribution in [1.82, 2.24) is 5.32 Å². The molecule has 3 nitrogen and oxygen atoms in total. The van der Waals surface area contributed by atoms with E-state index in [9.17, 15) is 4.79 Å². The Morgan fingerprint density at radius 3 is 2.71 bits per heavy atom. The van der Waals surface area contributed by atoms with Gasteiger partial charge in [0.2, 0.25) is 0 Å². The van der Waals surface area contributed by atoms with Crippen molar-refractivity contribution in [1.29, 1.82) is 0 Å². The van der Waals surface area contributed by atoms with Gasteiger partial charge in [0, 0.05) is 4.90 Å². The first-order chi connectivity index (χ1) is 8.15. The second-order valence-corrected chi connectivity index (χ2v) is 5.76. The summed E-state index contributed by atoms with van der Waals surface area (Å²) in [5.74, 6) is 0.542. The van der Waals surface area contributed by atoms with Crippen molar-refractivity contribution in [3.63, 3.8) is 0 Å². The molecule has 17 heavy (non-hydrogen) atoms. The van der Waals surface area contributed by atoms with Crippen LogP contribution in [0.3, 0.4) is 0 Å². The molecule has 92 valence electrons. The van der Waals surface area contributed by atoms with Gasteiger partial charge in [-0.1, -0.05) is 43.8 Å². The summed E-state index contributed by atoms with van der Waals surface area (Å²) in [4.78, 5) is 12.4. The summed E-state index contributed by atoms with van der Waals surface area (Å²) >= 11 is 1.60. The van der Waals surface area contributed by atoms with Crippen molar-refractivity contribution in [2.24, 2.45) is 5.92 Å². The molecule has 0 spiro atoms. The number of cyclic esters (lactones) is 1. The quantitative estimate of drug-likeness (QED) is 0.892. The topological polar surface area (TPSA) is 38.3 Å². The molecule has 1 aliphatic rings. The number of hydrogen-bond acceptors (Lipinski definition) is 3. The predicted octanol–water partition coefficient (Wildman–Crippen LogP) is 3.26. The van der Waals surface area contributed by atoms with Crippen LogP contribution >= 0.6 is 11.8 Å². The normalized spacial score (nSPS) is 23.6. The summed E-state index contributed by atoms with van der Waals surface area (Å²) in [5, 5.41) is 2.87. The molecular weight excluding hydrogens is 234 g/mol. The molecule has 4 heteroatoms. The molecule has 2 atom stereocenters. The van der Waals surface area contributed by atoms with Crippen LogP contribution in [0.2, 0.25) is 0 Å². The molecule has 1 fully saturated rings. The Morgan fingerprint density at radius 2 is 2.06 bits per heavy atom. The number of carbonyl (C=O) groups excluding carboxylic acids is 1. The first-order valence-electron chi connectivity index (χ1n) is 5.84. The highest BCUT2D eigenvalue weighted by atomic mass is 32.2. The first-order valence-corrected chi connectivity index (χ1v) is 6.72. The van der Waals surface area contributed by atoms with Crippen molar-refractivity contribution in [3.05, 3.63) is 30.3 Å². The summed E-state index contributed by atoms with van der Waals surface area (Å²) in [6, 6.07) is 10.1. The molecule has 1 heterocycles. The van der Waals surface area contributed by atoms with E-state index < -0.39 is 0 Å². The average Bonchev–Trinajstić information content (AvgIpc) is 2.59. The van der Waals surface area contributed by atoms with Crippen LogP contribution in [-0.4, -0.2) is 17.6 Å². The number of hydrogen-bond donors (Lipinski definition) is 1. The van der Waals surface area contributed by atoms with Crippen molar-refractivity contribution >= 4 is 17.9 Å².